The van der Waals surface area contributed by atoms with Crippen molar-refractivity contribution in [3.63, 3.8) is 0 Å². The SMILES string of the molecule is Cc1cc(NC(=O)Nc2cccc(C(F)(F)F)c2)ccc1N1CCCCC1=O. The Morgan fingerprint density at radius 2 is 1.75 bits per heavy atom. The quantitative estimate of drug-likeness (QED) is 0.758. The molecule has 1 aliphatic heterocycles. The van der Waals surface area contributed by atoms with Gasteiger partial charge >= 0.3 is 12.2 Å². The van der Waals surface area contributed by atoms with Crippen molar-refractivity contribution in [1.82, 2.24) is 0 Å². The summed E-state index contributed by atoms with van der Waals surface area (Å²) < 4.78 is 38.3. The molecule has 2 aromatic rings. The number of hydrogen-bond acceptors (Lipinski definition) is 2. The predicted octanol–water partition coefficient (Wildman–Crippen LogP) is 5.17. The molecule has 0 saturated carbocycles. The molecule has 0 atom stereocenters. The Morgan fingerprint density at radius 3 is 2.39 bits per heavy atom. The van der Waals surface area contributed by atoms with E-state index in [0.717, 1.165) is 36.2 Å². The van der Waals surface area contributed by atoms with E-state index in [0.29, 0.717) is 18.7 Å². The number of nitrogens with one attached hydrogen (secondary N) is 2. The Kier molecular flexibility index (Phi) is 5.58. The summed E-state index contributed by atoms with van der Waals surface area (Å²) in [5, 5.41) is 4.99. The number of rotatable bonds is 3. The molecule has 1 aliphatic rings. The Balaban J connectivity index is 1.68. The minimum atomic E-state index is -4.48. The third kappa shape index (κ3) is 4.62. The topological polar surface area (TPSA) is 61.4 Å². The molecule has 28 heavy (non-hydrogen) atoms. The molecule has 1 heterocycles. The first-order chi connectivity index (χ1) is 13.2. The third-order valence-electron chi connectivity index (χ3n) is 4.52. The smallest absolute Gasteiger partial charge is 0.312 e. The van der Waals surface area contributed by atoms with Crippen molar-refractivity contribution in [3.8, 4) is 0 Å². The summed E-state index contributed by atoms with van der Waals surface area (Å²) in [5.74, 6) is 0.0809. The zero-order chi connectivity index (χ0) is 20.3. The number of carbonyl (C=O) groups is 2. The summed E-state index contributed by atoms with van der Waals surface area (Å²) in [5.41, 5.74) is 1.31. The van der Waals surface area contributed by atoms with E-state index in [1.54, 1.807) is 23.1 Å². The van der Waals surface area contributed by atoms with Crippen LogP contribution >= 0.6 is 0 Å². The highest BCUT2D eigenvalue weighted by Gasteiger charge is 2.30. The highest BCUT2D eigenvalue weighted by Crippen LogP contribution is 2.31. The molecule has 0 aromatic heterocycles. The summed E-state index contributed by atoms with van der Waals surface area (Å²) in [6.07, 6.45) is -2.11. The highest BCUT2D eigenvalue weighted by molar-refractivity contribution is 6.00. The first-order valence-electron chi connectivity index (χ1n) is 8.90. The number of benzene rings is 2. The highest BCUT2D eigenvalue weighted by atomic mass is 19.4. The van der Waals surface area contributed by atoms with Gasteiger partial charge in [0, 0.05) is 30.0 Å². The molecule has 0 radical (unpaired) electrons. The zero-order valence-electron chi connectivity index (χ0n) is 15.3. The van der Waals surface area contributed by atoms with Crippen LogP contribution in [0.1, 0.15) is 30.4 Å². The molecular formula is C20H20F3N3O2. The second kappa shape index (κ2) is 7.92. The lowest BCUT2D eigenvalue weighted by molar-refractivity contribution is -0.137. The average molecular weight is 391 g/mol. The molecule has 148 valence electrons. The van der Waals surface area contributed by atoms with Gasteiger partial charge in [0.25, 0.3) is 0 Å². The van der Waals surface area contributed by atoms with E-state index in [1.807, 2.05) is 6.92 Å². The normalized spacial score (nSPS) is 14.7. The van der Waals surface area contributed by atoms with Gasteiger partial charge in [-0.1, -0.05) is 6.07 Å². The Morgan fingerprint density at radius 1 is 1.04 bits per heavy atom. The maximum atomic E-state index is 12.8. The van der Waals surface area contributed by atoms with Gasteiger partial charge in [0.15, 0.2) is 0 Å². The Labute approximate surface area is 160 Å². The number of halogens is 3. The van der Waals surface area contributed by atoms with Crippen LogP contribution in [-0.2, 0) is 11.0 Å². The first-order valence-corrected chi connectivity index (χ1v) is 8.90. The number of urea groups is 1. The van der Waals surface area contributed by atoms with E-state index in [-0.39, 0.29) is 11.6 Å². The van der Waals surface area contributed by atoms with Crippen LogP contribution in [0.2, 0.25) is 0 Å². The van der Waals surface area contributed by atoms with Crippen LogP contribution in [0.3, 0.4) is 0 Å². The molecule has 0 unspecified atom stereocenters. The largest absolute Gasteiger partial charge is 0.416 e. The van der Waals surface area contributed by atoms with E-state index in [1.165, 1.54) is 12.1 Å². The minimum Gasteiger partial charge on any atom is -0.312 e. The summed E-state index contributed by atoms with van der Waals surface area (Å²) in [4.78, 5) is 25.9. The van der Waals surface area contributed by atoms with Gasteiger partial charge in [-0.2, -0.15) is 13.2 Å². The van der Waals surface area contributed by atoms with E-state index in [4.69, 9.17) is 0 Å². The van der Waals surface area contributed by atoms with Gasteiger partial charge in [-0.25, -0.2) is 4.79 Å². The van der Waals surface area contributed by atoms with Crippen molar-refractivity contribution < 1.29 is 22.8 Å². The fourth-order valence-corrected chi connectivity index (χ4v) is 3.16. The second-order valence-electron chi connectivity index (χ2n) is 6.66. The van der Waals surface area contributed by atoms with Crippen LogP contribution in [0.25, 0.3) is 0 Å². The number of anilines is 3. The molecule has 3 amide bonds. The van der Waals surface area contributed by atoms with Gasteiger partial charge in [0.05, 0.1) is 5.56 Å². The maximum Gasteiger partial charge on any atom is 0.416 e. The lowest BCUT2D eigenvalue weighted by atomic mass is 10.1. The maximum absolute atomic E-state index is 12.8. The lowest BCUT2D eigenvalue weighted by Crippen LogP contribution is -2.35. The summed E-state index contributed by atoms with van der Waals surface area (Å²) >= 11 is 0. The van der Waals surface area contributed by atoms with E-state index < -0.39 is 17.8 Å². The number of carbonyl (C=O) groups excluding carboxylic acids is 2. The molecule has 0 bridgehead atoms. The number of hydrogen-bond donors (Lipinski definition) is 2. The van der Waals surface area contributed by atoms with Crippen LogP contribution < -0.4 is 15.5 Å². The van der Waals surface area contributed by atoms with Gasteiger partial charge in [0.2, 0.25) is 5.91 Å². The summed E-state index contributed by atoms with van der Waals surface area (Å²) in [6, 6.07) is 8.92. The average Bonchev–Trinajstić information content (AvgIpc) is 2.62. The van der Waals surface area contributed by atoms with Gasteiger partial charge in [-0.15, -0.1) is 0 Å². The fourth-order valence-electron chi connectivity index (χ4n) is 3.16. The van der Waals surface area contributed by atoms with Gasteiger partial charge in [0.1, 0.15) is 0 Å². The number of amides is 3. The first kappa shape index (κ1) is 19.7. The van der Waals surface area contributed by atoms with Crippen LogP contribution in [0.4, 0.5) is 35.0 Å². The van der Waals surface area contributed by atoms with Crippen LogP contribution in [0.15, 0.2) is 42.5 Å². The number of alkyl halides is 3. The monoisotopic (exact) mass is 391 g/mol. The third-order valence-corrected chi connectivity index (χ3v) is 4.52. The standard InChI is InChI=1S/C20H20F3N3O2/c1-13-11-16(8-9-17(13)26-10-3-2-7-18(26)27)25-19(28)24-15-6-4-5-14(12-15)20(21,22)23/h4-6,8-9,11-12H,2-3,7,10H2,1H3,(H2,24,25,28). The molecule has 1 saturated heterocycles. The van der Waals surface area contributed by atoms with Crippen molar-refractivity contribution in [3.05, 3.63) is 53.6 Å². The number of piperidine rings is 1. The van der Waals surface area contributed by atoms with E-state index in [9.17, 15) is 22.8 Å². The molecule has 2 N–H and O–H groups in total. The zero-order valence-corrected chi connectivity index (χ0v) is 15.3. The number of aryl methyl sites for hydroxylation is 1. The van der Waals surface area contributed by atoms with Crippen molar-refractivity contribution in [2.75, 3.05) is 22.1 Å². The Bertz CT molecular complexity index is 897. The molecule has 0 aliphatic carbocycles. The minimum absolute atomic E-state index is 0.0413. The summed E-state index contributed by atoms with van der Waals surface area (Å²) in [6.45, 7) is 2.51. The second-order valence-corrected chi connectivity index (χ2v) is 6.66. The molecule has 5 nitrogen and oxygen atoms in total. The van der Waals surface area contributed by atoms with Gasteiger partial charge in [-0.3, -0.25) is 4.79 Å². The van der Waals surface area contributed by atoms with Crippen LogP contribution in [0, 0.1) is 6.92 Å². The molecular weight excluding hydrogens is 371 g/mol. The molecule has 0 spiro atoms. The van der Waals surface area contributed by atoms with Crippen molar-refractivity contribution in [2.24, 2.45) is 0 Å². The van der Waals surface area contributed by atoms with Crippen molar-refractivity contribution in [1.29, 1.82) is 0 Å². The molecule has 1 fully saturated rings. The van der Waals surface area contributed by atoms with E-state index in [2.05, 4.69) is 10.6 Å². The predicted molar refractivity (Wildman–Crippen MR) is 101 cm³/mol. The Hall–Kier alpha value is -3.03. The van der Waals surface area contributed by atoms with Crippen LogP contribution in [-0.4, -0.2) is 18.5 Å². The van der Waals surface area contributed by atoms with Crippen molar-refractivity contribution >= 4 is 29.0 Å². The van der Waals surface area contributed by atoms with Crippen LogP contribution in [0.5, 0.6) is 0 Å². The fraction of sp³-hybridized carbons (Fsp3) is 0.300. The van der Waals surface area contributed by atoms with Gasteiger partial charge in [-0.05, 0) is 61.7 Å². The molecule has 2 aromatic carbocycles. The van der Waals surface area contributed by atoms with E-state index >= 15 is 0 Å². The van der Waals surface area contributed by atoms with Gasteiger partial charge < -0.3 is 15.5 Å². The molecule has 8 heteroatoms. The molecule has 3 rings (SSSR count). The van der Waals surface area contributed by atoms with Crippen molar-refractivity contribution in [2.45, 2.75) is 32.4 Å². The summed E-state index contributed by atoms with van der Waals surface area (Å²) in [7, 11) is 0. The number of nitrogens with zero attached hydrogens (tertiary/aromatic N) is 1. The lowest BCUT2D eigenvalue weighted by Gasteiger charge is -2.28.